The second kappa shape index (κ2) is 6.34. The first-order valence-electron chi connectivity index (χ1n) is 6.36. The lowest BCUT2D eigenvalue weighted by Gasteiger charge is -2.10. The summed E-state index contributed by atoms with van der Waals surface area (Å²) in [5, 5.41) is 0. The molecule has 0 spiro atoms. The molecule has 0 saturated heterocycles. The minimum absolute atomic E-state index is 0.346. The molecule has 0 unspecified atom stereocenters. The van der Waals surface area contributed by atoms with E-state index in [-0.39, 0.29) is 0 Å². The quantitative estimate of drug-likeness (QED) is 0.833. The van der Waals surface area contributed by atoms with Crippen molar-refractivity contribution in [3.05, 3.63) is 59.7 Å². The van der Waals surface area contributed by atoms with Gasteiger partial charge in [-0.15, -0.1) is 0 Å². The number of nitrogens with two attached hydrogens (primary N) is 1. The molecule has 0 aliphatic heterocycles. The highest BCUT2D eigenvalue weighted by Gasteiger charge is 2.06. The van der Waals surface area contributed by atoms with Gasteiger partial charge in [-0.05, 0) is 36.2 Å². The molecule has 0 bridgehead atoms. The van der Waals surface area contributed by atoms with E-state index >= 15 is 0 Å². The normalized spacial score (nSPS) is 10.2. The Morgan fingerprint density at radius 3 is 2.42 bits per heavy atom. The van der Waals surface area contributed by atoms with Gasteiger partial charge in [-0.2, -0.15) is 0 Å². The van der Waals surface area contributed by atoms with E-state index in [1.54, 1.807) is 0 Å². The fraction of sp³-hybridized carbons (Fsp3) is 0.188. The predicted octanol–water partition coefficient (Wildman–Crippen LogP) is 4.07. The molecule has 0 fully saturated rings. The second-order valence-corrected chi connectivity index (χ2v) is 4.80. The number of aryl methyl sites for hydroxylation is 1. The monoisotopic (exact) mass is 271 g/mol. The van der Waals surface area contributed by atoms with Gasteiger partial charge in [0.1, 0.15) is 16.5 Å². The molecule has 2 N–H and O–H groups in total. The Labute approximate surface area is 119 Å². The Morgan fingerprint density at radius 1 is 1.11 bits per heavy atom. The summed E-state index contributed by atoms with van der Waals surface area (Å²) in [6.07, 6.45) is 2.23. The van der Waals surface area contributed by atoms with Crippen molar-refractivity contribution in [2.75, 3.05) is 0 Å². The minimum atomic E-state index is 0.346. The van der Waals surface area contributed by atoms with Crippen molar-refractivity contribution in [3.63, 3.8) is 0 Å². The zero-order valence-corrected chi connectivity index (χ0v) is 11.7. The van der Waals surface area contributed by atoms with E-state index in [2.05, 4.69) is 19.1 Å². The summed E-state index contributed by atoms with van der Waals surface area (Å²) >= 11 is 5.02. The molecule has 2 aromatic rings. The van der Waals surface area contributed by atoms with E-state index in [9.17, 15) is 0 Å². The molecule has 2 nitrogen and oxygen atoms in total. The Hall–Kier alpha value is -1.87. The van der Waals surface area contributed by atoms with Crippen LogP contribution in [0.2, 0.25) is 0 Å². The van der Waals surface area contributed by atoms with Crippen molar-refractivity contribution in [1.82, 2.24) is 0 Å². The molecule has 2 aromatic carbocycles. The van der Waals surface area contributed by atoms with Crippen LogP contribution in [-0.4, -0.2) is 4.99 Å². The third-order valence-electron chi connectivity index (χ3n) is 2.84. The Kier molecular flexibility index (Phi) is 4.53. The molecule has 0 aliphatic rings. The number of hydrogen-bond acceptors (Lipinski definition) is 2. The summed E-state index contributed by atoms with van der Waals surface area (Å²) < 4.78 is 5.84. The molecule has 3 heteroatoms. The summed E-state index contributed by atoms with van der Waals surface area (Å²) in [6, 6.07) is 15.7. The zero-order chi connectivity index (χ0) is 13.7. The number of para-hydroxylation sites is 1. The smallest absolute Gasteiger partial charge is 0.137 e. The lowest BCUT2D eigenvalue weighted by molar-refractivity contribution is 0.481. The standard InChI is InChI=1S/C16H17NOS/c1-2-5-12-8-10-13(11-9-12)18-15-7-4-3-6-14(15)16(17)19/h3-4,6-11H,2,5H2,1H3,(H2,17,19). The van der Waals surface area contributed by atoms with Crippen LogP contribution in [0.1, 0.15) is 24.5 Å². The van der Waals surface area contributed by atoms with E-state index < -0.39 is 0 Å². The van der Waals surface area contributed by atoms with Crippen LogP contribution in [0.4, 0.5) is 0 Å². The summed E-state index contributed by atoms with van der Waals surface area (Å²) in [4.78, 5) is 0.346. The van der Waals surface area contributed by atoms with E-state index in [1.807, 2.05) is 36.4 Å². The van der Waals surface area contributed by atoms with E-state index in [1.165, 1.54) is 5.56 Å². The molecular formula is C16H17NOS. The predicted molar refractivity (Wildman–Crippen MR) is 82.8 cm³/mol. The van der Waals surface area contributed by atoms with Gasteiger partial charge in [0.05, 0.1) is 5.56 Å². The molecule has 0 aliphatic carbocycles. The summed E-state index contributed by atoms with van der Waals surface area (Å²) in [6.45, 7) is 2.17. The van der Waals surface area contributed by atoms with Gasteiger partial charge in [0, 0.05) is 0 Å². The maximum Gasteiger partial charge on any atom is 0.137 e. The maximum absolute atomic E-state index is 5.84. The number of thiocarbonyl (C=S) groups is 1. The van der Waals surface area contributed by atoms with E-state index in [0.717, 1.165) is 24.2 Å². The number of ether oxygens (including phenoxy) is 1. The van der Waals surface area contributed by atoms with Crippen molar-refractivity contribution < 1.29 is 4.74 Å². The topological polar surface area (TPSA) is 35.2 Å². The highest BCUT2D eigenvalue weighted by Crippen LogP contribution is 2.25. The Bertz CT molecular complexity index is 563. The van der Waals surface area contributed by atoms with Crippen molar-refractivity contribution >= 4 is 17.2 Å². The SMILES string of the molecule is CCCc1ccc(Oc2ccccc2C(N)=S)cc1. The lowest BCUT2D eigenvalue weighted by atomic mass is 10.1. The molecule has 98 valence electrons. The molecule has 0 saturated carbocycles. The summed E-state index contributed by atoms with van der Waals surface area (Å²) in [5.41, 5.74) is 7.76. The van der Waals surface area contributed by atoms with Crippen LogP contribution < -0.4 is 10.5 Å². The molecule has 0 atom stereocenters. The number of rotatable bonds is 5. The van der Waals surface area contributed by atoms with Gasteiger partial charge >= 0.3 is 0 Å². The van der Waals surface area contributed by atoms with Crippen molar-refractivity contribution in [2.24, 2.45) is 5.73 Å². The molecule has 0 radical (unpaired) electrons. The largest absolute Gasteiger partial charge is 0.457 e. The van der Waals surface area contributed by atoms with Crippen LogP contribution in [0.25, 0.3) is 0 Å². The van der Waals surface area contributed by atoms with Crippen LogP contribution >= 0.6 is 12.2 Å². The first-order chi connectivity index (χ1) is 9.20. The van der Waals surface area contributed by atoms with E-state index in [4.69, 9.17) is 22.7 Å². The molecule has 0 aromatic heterocycles. The first-order valence-corrected chi connectivity index (χ1v) is 6.77. The highest BCUT2D eigenvalue weighted by atomic mass is 32.1. The third kappa shape index (κ3) is 3.55. The molecular weight excluding hydrogens is 254 g/mol. The molecule has 2 rings (SSSR count). The minimum Gasteiger partial charge on any atom is -0.457 e. The van der Waals surface area contributed by atoms with Gasteiger partial charge < -0.3 is 10.5 Å². The summed E-state index contributed by atoms with van der Waals surface area (Å²) in [7, 11) is 0. The fourth-order valence-corrected chi connectivity index (χ4v) is 2.07. The van der Waals surface area contributed by atoms with Gasteiger partial charge in [-0.1, -0.05) is 49.8 Å². The Balaban J connectivity index is 2.19. The molecule has 0 heterocycles. The molecule has 0 amide bonds. The average Bonchev–Trinajstić information content (AvgIpc) is 2.42. The summed E-state index contributed by atoms with van der Waals surface area (Å²) in [5.74, 6) is 1.49. The van der Waals surface area contributed by atoms with Crippen molar-refractivity contribution in [2.45, 2.75) is 19.8 Å². The average molecular weight is 271 g/mol. The molecule has 19 heavy (non-hydrogen) atoms. The number of benzene rings is 2. The van der Waals surface area contributed by atoms with Crippen LogP contribution in [0.15, 0.2) is 48.5 Å². The van der Waals surface area contributed by atoms with Gasteiger partial charge in [-0.25, -0.2) is 0 Å². The number of hydrogen-bond donors (Lipinski definition) is 1. The Morgan fingerprint density at radius 2 is 1.79 bits per heavy atom. The lowest BCUT2D eigenvalue weighted by Crippen LogP contribution is -2.10. The van der Waals surface area contributed by atoms with Gasteiger partial charge in [-0.3, -0.25) is 0 Å². The fourth-order valence-electron chi connectivity index (χ4n) is 1.90. The van der Waals surface area contributed by atoms with Crippen molar-refractivity contribution in [3.8, 4) is 11.5 Å². The zero-order valence-electron chi connectivity index (χ0n) is 10.9. The van der Waals surface area contributed by atoms with Crippen LogP contribution in [0.5, 0.6) is 11.5 Å². The van der Waals surface area contributed by atoms with Crippen LogP contribution in [0, 0.1) is 0 Å². The van der Waals surface area contributed by atoms with Crippen LogP contribution in [0.3, 0.4) is 0 Å². The van der Waals surface area contributed by atoms with Crippen LogP contribution in [-0.2, 0) is 6.42 Å². The highest BCUT2D eigenvalue weighted by molar-refractivity contribution is 7.80. The van der Waals surface area contributed by atoms with Gasteiger partial charge in [0.2, 0.25) is 0 Å². The first kappa shape index (κ1) is 13.6. The van der Waals surface area contributed by atoms with Crippen molar-refractivity contribution in [1.29, 1.82) is 0 Å². The maximum atomic E-state index is 5.84. The van der Waals surface area contributed by atoms with E-state index in [0.29, 0.717) is 10.7 Å². The van der Waals surface area contributed by atoms with Gasteiger partial charge in [0.15, 0.2) is 0 Å². The van der Waals surface area contributed by atoms with Gasteiger partial charge in [0.25, 0.3) is 0 Å². The second-order valence-electron chi connectivity index (χ2n) is 4.36. The third-order valence-corrected chi connectivity index (χ3v) is 3.06.